The second-order valence-corrected chi connectivity index (χ2v) is 5.86. The van der Waals surface area contributed by atoms with Crippen LogP contribution in [0.2, 0.25) is 10.0 Å². The van der Waals surface area contributed by atoms with Gasteiger partial charge in [-0.2, -0.15) is 0 Å². The topological polar surface area (TPSA) is 47.3 Å². The molecular formula is C14H20Cl2N2O. The molecule has 106 valence electrons. The largest absolute Gasteiger partial charge is 0.378 e. The lowest BCUT2D eigenvalue weighted by Gasteiger charge is -2.18. The van der Waals surface area contributed by atoms with Gasteiger partial charge >= 0.3 is 0 Å². The number of benzene rings is 1. The van der Waals surface area contributed by atoms with Crippen LogP contribution in [0.3, 0.4) is 0 Å². The van der Waals surface area contributed by atoms with E-state index in [9.17, 15) is 0 Å². The molecule has 0 bridgehead atoms. The SMILES string of the molecule is NNC(CCC1CCCO1)Cc1cc(Cl)ccc1Cl. The molecule has 0 aromatic heterocycles. The Morgan fingerprint density at radius 1 is 1.42 bits per heavy atom. The first-order valence-electron chi connectivity index (χ1n) is 6.70. The van der Waals surface area contributed by atoms with Crippen molar-refractivity contribution in [1.29, 1.82) is 0 Å². The van der Waals surface area contributed by atoms with Gasteiger partial charge in [0.25, 0.3) is 0 Å². The number of hydrogen-bond donors (Lipinski definition) is 2. The molecule has 1 aromatic rings. The standard InChI is InChI=1S/C14H20Cl2N2O/c15-11-3-6-14(16)10(8-11)9-12(18-17)4-5-13-2-1-7-19-13/h3,6,8,12-13,18H,1-2,4-5,7,9,17H2. The van der Waals surface area contributed by atoms with Crippen molar-refractivity contribution in [2.24, 2.45) is 5.84 Å². The summed E-state index contributed by atoms with van der Waals surface area (Å²) in [6.07, 6.45) is 5.52. The van der Waals surface area contributed by atoms with E-state index in [1.165, 1.54) is 6.42 Å². The summed E-state index contributed by atoms with van der Waals surface area (Å²) in [5, 5.41) is 1.44. The van der Waals surface area contributed by atoms with Crippen LogP contribution in [0.25, 0.3) is 0 Å². The minimum Gasteiger partial charge on any atom is -0.378 e. The summed E-state index contributed by atoms with van der Waals surface area (Å²) in [6, 6.07) is 5.72. The van der Waals surface area contributed by atoms with Gasteiger partial charge in [0.15, 0.2) is 0 Å². The Hall–Kier alpha value is -0.320. The Balaban J connectivity index is 1.88. The zero-order valence-corrected chi connectivity index (χ0v) is 12.4. The lowest BCUT2D eigenvalue weighted by molar-refractivity contribution is 0.0996. The van der Waals surface area contributed by atoms with Gasteiger partial charge in [-0.25, -0.2) is 0 Å². The predicted octanol–water partition coefficient (Wildman–Crippen LogP) is 3.33. The highest BCUT2D eigenvalue weighted by atomic mass is 35.5. The zero-order chi connectivity index (χ0) is 13.7. The van der Waals surface area contributed by atoms with E-state index in [-0.39, 0.29) is 6.04 Å². The normalized spacial score (nSPS) is 20.7. The van der Waals surface area contributed by atoms with Gasteiger partial charge in [0, 0.05) is 22.7 Å². The molecule has 1 aliphatic heterocycles. The lowest BCUT2D eigenvalue weighted by atomic mass is 10.00. The number of halogens is 2. The summed E-state index contributed by atoms with van der Waals surface area (Å²) in [5.41, 5.74) is 3.90. The molecule has 1 fully saturated rings. The summed E-state index contributed by atoms with van der Waals surface area (Å²) >= 11 is 12.2. The van der Waals surface area contributed by atoms with Crippen molar-refractivity contribution in [3.63, 3.8) is 0 Å². The van der Waals surface area contributed by atoms with Crippen molar-refractivity contribution >= 4 is 23.2 Å². The predicted molar refractivity (Wildman–Crippen MR) is 79.5 cm³/mol. The molecule has 1 heterocycles. The fourth-order valence-corrected chi connectivity index (χ4v) is 2.86. The van der Waals surface area contributed by atoms with Crippen LogP contribution in [-0.4, -0.2) is 18.8 Å². The summed E-state index contributed by atoms with van der Waals surface area (Å²) in [4.78, 5) is 0. The molecule has 0 spiro atoms. The van der Waals surface area contributed by atoms with Gasteiger partial charge in [0.05, 0.1) is 6.10 Å². The van der Waals surface area contributed by atoms with Crippen LogP contribution in [-0.2, 0) is 11.2 Å². The van der Waals surface area contributed by atoms with Crippen LogP contribution >= 0.6 is 23.2 Å². The van der Waals surface area contributed by atoms with Crippen molar-refractivity contribution in [2.45, 2.75) is 44.2 Å². The molecule has 19 heavy (non-hydrogen) atoms. The average Bonchev–Trinajstić information content (AvgIpc) is 2.91. The van der Waals surface area contributed by atoms with E-state index in [1.807, 2.05) is 12.1 Å². The molecule has 1 aliphatic rings. The quantitative estimate of drug-likeness (QED) is 0.626. The van der Waals surface area contributed by atoms with Gasteiger partial charge in [-0.3, -0.25) is 11.3 Å². The van der Waals surface area contributed by atoms with E-state index < -0.39 is 0 Å². The molecule has 2 unspecified atom stereocenters. The van der Waals surface area contributed by atoms with Crippen molar-refractivity contribution in [3.8, 4) is 0 Å². The van der Waals surface area contributed by atoms with E-state index in [2.05, 4.69) is 5.43 Å². The molecule has 3 N–H and O–H groups in total. The third-order valence-corrected chi connectivity index (χ3v) is 4.17. The van der Waals surface area contributed by atoms with E-state index in [0.29, 0.717) is 11.1 Å². The Morgan fingerprint density at radius 3 is 2.95 bits per heavy atom. The third kappa shape index (κ3) is 4.62. The molecular weight excluding hydrogens is 283 g/mol. The van der Waals surface area contributed by atoms with Gasteiger partial charge in [-0.1, -0.05) is 23.2 Å². The number of hydrazine groups is 1. The summed E-state index contributed by atoms with van der Waals surface area (Å²) < 4.78 is 5.63. The third-order valence-electron chi connectivity index (χ3n) is 3.57. The van der Waals surface area contributed by atoms with Crippen LogP contribution in [0.4, 0.5) is 0 Å². The van der Waals surface area contributed by atoms with Gasteiger partial charge < -0.3 is 4.74 Å². The Kier molecular flexibility index (Phi) is 5.92. The molecule has 0 radical (unpaired) electrons. The molecule has 0 amide bonds. The van der Waals surface area contributed by atoms with Crippen molar-refractivity contribution in [2.75, 3.05) is 6.61 Å². The first kappa shape index (κ1) is 15.1. The second-order valence-electron chi connectivity index (χ2n) is 5.02. The fraction of sp³-hybridized carbons (Fsp3) is 0.571. The molecule has 2 atom stereocenters. The zero-order valence-electron chi connectivity index (χ0n) is 10.9. The minimum absolute atomic E-state index is 0.195. The summed E-state index contributed by atoms with van der Waals surface area (Å²) in [6.45, 7) is 0.894. The van der Waals surface area contributed by atoms with Crippen molar-refractivity contribution < 1.29 is 4.74 Å². The number of nitrogens with one attached hydrogen (secondary N) is 1. The number of nitrogens with two attached hydrogens (primary N) is 1. The average molecular weight is 303 g/mol. The maximum absolute atomic E-state index is 6.17. The molecule has 1 aromatic carbocycles. The molecule has 0 aliphatic carbocycles. The summed E-state index contributed by atoms with van der Waals surface area (Å²) in [5.74, 6) is 5.63. The Bertz CT molecular complexity index is 408. The molecule has 0 saturated carbocycles. The number of hydrogen-bond acceptors (Lipinski definition) is 3. The minimum atomic E-state index is 0.195. The monoisotopic (exact) mass is 302 g/mol. The van der Waals surface area contributed by atoms with Crippen molar-refractivity contribution in [1.82, 2.24) is 5.43 Å². The highest BCUT2D eigenvalue weighted by molar-refractivity contribution is 6.33. The van der Waals surface area contributed by atoms with Gasteiger partial charge in [-0.05, 0) is 55.9 Å². The summed E-state index contributed by atoms with van der Waals surface area (Å²) in [7, 11) is 0. The first-order chi connectivity index (χ1) is 9.19. The molecule has 1 saturated heterocycles. The van der Waals surface area contributed by atoms with E-state index in [4.69, 9.17) is 33.8 Å². The number of rotatable bonds is 6. The van der Waals surface area contributed by atoms with E-state index in [1.54, 1.807) is 6.07 Å². The highest BCUT2D eigenvalue weighted by Crippen LogP contribution is 2.24. The fourth-order valence-electron chi connectivity index (χ4n) is 2.47. The Labute approximate surface area is 124 Å². The Morgan fingerprint density at radius 2 is 2.26 bits per heavy atom. The first-order valence-corrected chi connectivity index (χ1v) is 7.46. The van der Waals surface area contributed by atoms with Crippen molar-refractivity contribution in [3.05, 3.63) is 33.8 Å². The molecule has 3 nitrogen and oxygen atoms in total. The van der Waals surface area contributed by atoms with Gasteiger partial charge in [0.1, 0.15) is 0 Å². The van der Waals surface area contributed by atoms with Crippen LogP contribution in [0.5, 0.6) is 0 Å². The maximum Gasteiger partial charge on any atom is 0.0576 e. The second kappa shape index (κ2) is 7.46. The smallest absolute Gasteiger partial charge is 0.0576 e. The molecule has 2 rings (SSSR count). The van der Waals surface area contributed by atoms with E-state index in [0.717, 1.165) is 42.9 Å². The van der Waals surface area contributed by atoms with Gasteiger partial charge in [-0.15, -0.1) is 0 Å². The van der Waals surface area contributed by atoms with Gasteiger partial charge in [0.2, 0.25) is 0 Å². The van der Waals surface area contributed by atoms with Crippen LogP contribution in [0.1, 0.15) is 31.2 Å². The maximum atomic E-state index is 6.17. The van der Waals surface area contributed by atoms with Crippen LogP contribution in [0.15, 0.2) is 18.2 Å². The van der Waals surface area contributed by atoms with E-state index >= 15 is 0 Å². The number of ether oxygens (including phenoxy) is 1. The molecule has 5 heteroatoms. The lowest BCUT2D eigenvalue weighted by Crippen LogP contribution is -2.37. The van der Waals surface area contributed by atoms with Crippen LogP contribution < -0.4 is 11.3 Å². The highest BCUT2D eigenvalue weighted by Gasteiger charge is 2.18. The van der Waals surface area contributed by atoms with Crippen LogP contribution in [0, 0.1) is 0 Å².